The molecule has 9 nitrogen and oxygen atoms in total. The Morgan fingerprint density at radius 3 is 2.51 bits per heavy atom. The minimum atomic E-state index is 0.0405. The van der Waals surface area contributed by atoms with Crippen molar-refractivity contribution in [3.63, 3.8) is 0 Å². The van der Waals surface area contributed by atoms with Gasteiger partial charge in [-0.1, -0.05) is 32.5 Å². The summed E-state index contributed by atoms with van der Waals surface area (Å²) in [7, 11) is 1.98. The highest BCUT2D eigenvalue weighted by atomic mass is 32.2. The molecule has 0 spiro atoms. The van der Waals surface area contributed by atoms with Gasteiger partial charge in [-0.2, -0.15) is 0 Å². The maximum absolute atomic E-state index is 4.97. The highest BCUT2D eigenvalue weighted by Gasteiger charge is 2.30. The molecule has 0 aromatic carbocycles. The van der Waals surface area contributed by atoms with Crippen molar-refractivity contribution in [1.29, 1.82) is 0 Å². The topological polar surface area (TPSA) is 88.8 Å². The molecule has 35 heavy (non-hydrogen) atoms. The first-order valence-corrected chi connectivity index (χ1v) is 13.5. The molecule has 1 aliphatic heterocycles. The first kappa shape index (κ1) is 24.1. The third kappa shape index (κ3) is 5.81. The molecule has 1 saturated carbocycles. The number of anilines is 1. The summed E-state index contributed by atoms with van der Waals surface area (Å²) in [5.74, 6) is 4.50. The highest BCUT2D eigenvalue weighted by molar-refractivity contribution is 7.99. The molecule has 0 radical (unpaired) electrons. The Morgan fingerprint density at radius 1 is 1.03 bits per heavy atom. The number of hydrogen-bond acceptors (Lipinski definition) is 9. The van der Waals surface area contributed by atoms with E-state index in [9.17, 15) is 0 Å². The van der Waals surface area contributed by atoms with Crippen LogP contribution in [0.25, 0.3) is 11.5 Å². The van der Waals surface area contributed by atoms with E-state index in [2.05, 4.69) is 56.8 Å². The second kappa shape index (κ2) is 10.2. The Labute approximate surface area is 211 Å². The lowest BCUT2D eigenvalue weighted by molar-refractivity contribution is 0.258. The predicted molar refractivity (Wildman–Crippen MR) is 139 cm³/mol. The van der Waals surface area contributed by atoms with Crippen molar-refractivity contribution in [3.8, 4) is 11.5 Å². The average molecular weight is 494 g/mol. The molecule has 2 aliphatic rings. The fraction of sp³-hybridized carbons (Fsp3) is 0.600. The standard InChI is InChI=1S/C25H35N9S/c1-25(2,3)20-16-21(29-22(28-20)18-6-7-18)34-13-11-33(12-14-34)10-5-15-35-24-31-30-23(32(24)4)19-17-26-8-9-27-19/h8-9,16-18H,5-7,10-15H2,1-4H3. The Kier molecular flexibility index (Phi) is 7.02. The van der Waals surface area contributed by atoms with Crippen molar-refractivity contribution in [2.75, 3.05) is 43.4 Å². The smallest absolute Gasteiger partial charge is 0.191 e. The van der Waals surface area contributed by atoms with Crippen LogP contribution in [0.15, 0.2) is 29.8 Å². The van der Waals surface area contributed by atoms with Gasteiger partial charge in [0.1, 0.15) is 17.3 Å². The molecule has 0 atom stereocenters. The molecule has 0 N–H and O–H groups in total. The van der Waals surface area contributed by atoms with E-state index >= 15 is 0 Å². The van der Waals surface area contributed by atoms with Crippen LogP contribution in [0.5, 0.6) is 0 Å². The van der Waals surface area contributed by atoms with Crippen molar-refractivity contribution in [2.45, 2.75) is 56.5 Å². The van der Waals surface area contributed by atoms with E-state index in [1.165, 1.54) is 12.8 Å². The van der Waals surface area contributed by atoms with Gasteiger partial charge in [0.05, 0.1) is 11.9 Å². The van der Waals surface area contributed by atoms with E-state index in [0.717, 1.165) is 78.9 Å². The molecule has 0 amide bonds. The van der Waals surface area contributed by atoms with Crippen molar-refractivity contribution in [3.05, 3.63) is 36.2 Å². The number of thioether (sulfide) groups is 1. The summed E-state index contributed by atoms with van der Waals surface area (Å²) in [5.41, 5.74) is 1.95. The second-order valence-electron chi connectivity index (χ2n) is 10.5. The van der Waals surface area contributed by atoms with Crippen LogP contribution in [0.1, 0.15) is 57.5 Å². The van der Waals surface area contributed by atoms with Crippen molar-refractivity contribution >= 4 is 17.6 Å². The Hall–Kier alpha value is -2.59. The number of nitrogens with zero attached hydrogens (tertiary/aromatic N) is 9. The highest BCUT2D eigenvalue weighted by Crippen LogP contribution is 2.39. The fourth-order valence-corrected chi connectivity index (χ4v) is 5.09. The molecular weight excluding hydrogens is 458 g/mol. The summed E-state index contributed by atoms with van der Waals surface area (Å²) < 4.78 is 2.00. The lowest BCUT2D eigenvalue weighted by Gasteiger charge is -2.36. The van der Waals surface area contributed by atoms with Crippen molar-refractivity contribution in [1.82, 2.24) is 39.6 Å². The van der Waals surface area contributed by atoms with Crippen LogP contribution in [-0.2, 0) is 12.5 Å². The second-order valence-corrected chi connectivity index (χ2v) is 11.5. The zero-order chi connectivity index (χ0) is 24.4. The zero-order valence-electron chi connectivity index (χ0n) is 21.2. The molecule has 0 unspecified atom stereocenters. The molecule has 3 aromatic rings. The number of piperazine rings is 1. The van der Waals surface area contributed by atoms with Crippen molar-refractivity contribution in [2.24, 2.45) is 7.05 Å². The van der Waals surface area contributed by atoms with Crippen LogP contribution in [0, 0.1) is 0 Å². The van der Waals surface area contributed by atoms with E-state index in [1.54, 1.807) is 30.4 Å². The molecule has 4 heterocycles. The molecule has 5 rings (SSSR count). The largest absolute Gasteiger partial charge is 0.354 e. The SMILES string of the molecule is Cn1c(SCCCN2CCN(c3cc(C(C)(C)C)nc(C4CC4)n3)CC2)nnc1-c1cnccn1. The van der Waals surface area contributed by atoms with Gasteiger partial charge in [0.15, 0.2) is 11.0 Å². The van der Waals surface area contributed by atoms with Crippen LogP contribution in [-0.4, -0.2) is 78.1 Å². The predicted octanol–water partition coefficient (Wildman–Crippen LogP) is 3.54. The Balaban J connectivity index is 1.10. The van der Waals surface area contributed by atoms with E-state index in [1.807, 2.05) is 11.6 Å². The first-order chi connectivity index (χ1) is 16.9. The molecule has 1 saturated heterocycles. The molecule has 186 valence electrons. The summed E-state index contributed by atoms with van der Waals surface area (Å²) in [5, 5.41) is 9.56. The van der Waals surface area contributed by atoms with Gasteiger partial charge in [-0.15, -0.1) is 10.2 Å². The minimum absolute atomic E-state index is 0.0405. The molecule has 2 fully saturated rings. The normalized spacial score (nSPS) is 17.2. The number of aromatic nitrogens is 7. The van der Waals surface area contributed by atoms with Crippen LogP contribution in [0.3, 0.4) is 0 Å². The van der Waals surface area contributed by atoms with E-state index in [4.69, 9.17) is 9.97 Å². The fourth-order valence-electron chi connectivity index (χ4n) is 4.25. The van der Waals surface area contributed by atoms with Crippen LogP contribution >= 0.6 is 11.8 Å². The lowest BCUT2D eigenvalue weighted by Crippen LogP contribution is -2.47. The molecular formula is C25H35N9S. The van der Waals surface area contributed by atoms with Crippen LogP contribution < -0.4 is 4.90 Å². The maximum Gasteiger partial charge on any atom is 0.191 e. The maximum atomic E-state index is 4.97. The van der Waals surface area contributed by atoms with E-state index < -0.39 is 0 Å². The summed E-state index contributed by atoms with van der Waals surface area (Å²) in [6, 6.07) is 2.22. The van der Waals surface area contributed by atoms with Gasteiger partial charge in [0.2, 0.25) is 0 Å². The van der Waals surface area contributed by atoms with Gasteiger partial charge < -0.3 is 9.47 Å². The van der Waals surface area contributed by atoms with Gasteiger partial charge in [0, 0.05) is 68.8 Å². The van der Waals surface area contributed by atoms with Crippen molar-refractivity contribution < 1.29 is 0 Å². The third-order valence-corrected chi connectivity index (χ3v) is 7.72. The Bertz CT molecular complexity index is 1130. The first-order valence-electron chi connectivity index (χ1n) is 12.5. The minimum Gasteiger partial charge on any atom is -0.354 e. The van der Waals surface area contributed by atoms with Gasteiger partial charge in [-0.25, -0.2) is 15.0 Å². The monoisotopic (exact) mass is 493 g/mol. The van der Waals surface area contributed by atoms with Crippen LogP contribution in [0.4, 0.5) is 5.82 Å². The third-order valence-electron chi connectivity index (χ3n) is 6.61. The quantitative estimate of drug-likeness (QED) is 0.345. The van der Waals surface area contributed by atoms with Gasteiger partial charge >= 0.3 is 0 Å². The van der Waals surface area contributed by atoms with Gasteiger partial charge in [-0.3, -0.25) is 9.88 Å². The number of hydrogen-bond donors (Lipinski definition) is 0. The molecule has 1 aliphatic carbocycles. The van der Waals surface area contributed by atoms with E-state index in [0.29, 0.717) is 5.92 Å². The molecule has 10 heteroatoms. The molecule has 0 bridgehead atoms. The zero-order valence-corrected chi connectivity index (χ0v) is 22.0. The summed E-state index contributed by atoms with van der Waals surface area (Å²) in [6.07, 6.45) is 8.64. The number of rotatable bonds is 8. The summed E-state index contributed by atoms with van der Waals surface area (Å²) in [4.78, 5) is 23.3. The lowest BCUT2D eigenvalue weighted by atomic mass is 9.91. The average Bonchev–Trinajstić information content (AvgIpc) is 3.65. The van der Waals surface area contributed by atoms with Crippen LogP contribution in [0.2, 0.25) is 0 Å². The van der Waals surface area contributed by atoms with Gasteiger partial charge in [-0.05, 0) is 25.8 Å². The van der Waals surface area contributed by atoms with Gasteiger partial charge in [0.25, 0.3) is 0 Å². The van der Waals surface area contributed by atoms with E-state index in [-0.39, 0.29) is 5.41 Å². The summed E-state index contributed by atoms with van der Waals surface area (Å²) >= 11 is 1.75. The summed E-state index contributed by atoms with van der Waals surface area (Å²) in [6.45, 7) is 12.0. The Morgan fingerprint density at radius 2 is 1.83 bits per heavy atom. The molecule has 3 aromatic heterocycles.